The molecule has 3 heteroatoms. The van der Waals surface area contributed by atoms with Gasteiger partial charge in [0.15, 0.2) is 0 Å². The summed E-state index contributed by atoms with van der Waals surface area (Å²) < 4.78 is 13.9. The van der Waals surface area contributed by atoms with Gasteiger partial charge in [-0.05, 0) is 69.3 Å². The first-order chi connectivity index (χ1) is 9.65. The van der Waals surface area contributed by atoms with Gasteiger partial charge in [0.25, 0.3) is 0 Å². The second kappa shape index (κ2) is 5.82. The van der Waals surface area contributed by atoms with Crippen molar-refractivity contribution in [1.82, 2.24) is 10.2 Å². The molecule has 1 aromatic carbocycles. The van der Waals surface area contributed by atoms with Crippen LogP contribution in [0.3, 0.4) is 0 Å². The van der Waals surface area contributed by atoms with E-state index in [9.17, 15) is 4.39 Å². The van der Waals surface area contributed by atoms with Gasteiger partial charge in [-0.2, -0.15) is 0 Å². The smallest absolute Gasteiger partial charge is 0.126 e. The average molecular weight is 276 g/mol. The van der Waals surface area contributed by atoms with Crippen LogP contribution in [-0.2, 0) is 0 Å². The van der Waals surface area contributed by atoms with Gasteiger partial charge < -0.3 is 5.32 Å². The van der Waals surface area contributed by atoms with Crippen molar-refractivity contribution < 1.29 is 4.39 Å². The number of rotatable bonds is 4. The largest absolute Gasteiger partial charge is 0.314 e. The lowest BCUT2D eigenvalue weighted by atomic mass is 9.84. The van der Waals surface area contributed by atoms with Crippen molar-refractivity contribution in [2.24, 2.45) is 5.92 Å². The average Bonchev–Trinajstić information content (AvgIpc) is 3.24. The lowest BCUT2D eigenvalue weighted by Crippen LogP contribution is -2.41. The number of nitrogens with one attached hydrogen (secondary N) is 1. The summed E-state index contributed by atoms with van der Waals surface area (Å²) in [5, 5.41) is 3.65. The number of piperidine rings is 1. The van der Waals surface area contributed by atoms with Gasteiger partial charge >= 0.3 is 0 Å². The van der Waals surface area contributed by atoms with Crippen molar-refractivity contribution in [3.63, 3.8) is 0 Å². The third-order valence-electron chi connectivity index (χ3n) is 4.79. The summed E-state index contributed by atoms with van der Waals surface area (Å²) in [4.78, 5) is 2.40. The monoisotopic (exact) mass is 276 g/mol. The summed E-state index contributed by atoms with van der Waals surface area (Å²) in [6.45, 7) is 4.01. The lowest BCUT2D eigenvalue weighted by Gasteiger charge is -2.40. The predicted molar refractivity (Wildman–Crippen MR) is 80.3 cm³/mol. The SMILES string of the molecule is Cc1ccc(C2C(CNC3CC3)CCCN2C)cc1F. The molecule has 2 fully saturated rings. The molecule has 110 valence electrons. The number of hydrogen-bond acceptors (Lipinski definition) is 2. The molecule has 1 aliphatic heterocycles. The molecule has 1 saturated carbocycles. The van der Waals surface area contributed by atoms with E-state index in [1.165, 1.54) is 25.7 Å². The molecule has 0 bridgehead atoms. The van der Waals surface area contributed by atoms with Crippen LogP contribution in [0, 0.1) is 18.7 Å². The molecule has 0 radical (unpaired) electrons. The van der Waals surface area contributed by atoms with Crippen LogP contribution < -0.4 is 5.32 Å². The van der Waals surface area contributed by atoms with Crippen LogP contribution in [0.15, 0.2) is 18.2 Å². The van der Waals surface area contributed by atoms with E-state index in [0.29, 0.717) is 12.0 Å². The summed E-state index contributed by atoms with van der Waals surface area (Å²) in [6.07, 6.45) is 5.14. The Morgan fingerprint density at radius 3 is 2.80 bits per heavy atom. The minimum absolute atomic E-state index is 0.0737. The Labute approximate surface area is 121 Å². The summed E-state index contributed by atoms with van der Waals surface area (Å²) in [5.74, 6) is 0.520. The van der Waals surface area contributed by atoms with E-state index in [2.05, 4.69) is 23.3 Å². The zero-order valence-electron chi connectivity index (χ0n) is 12.5. The van der Waals surface area contributed by atoms with Gasteiger partial charge in [-0.1, -0.05) is 12.1 Å². The minimum atomic E-state index is -0.0737. The number of halogens is 1. The van der Waals surface area contributed by atoms with Crippen LogP contribution in [0.5, 0.6) is 0 Å². The molecule has 2 aliphatic rings. The fourth-order valence-electron chi connectivity index (χ4n) is 3.40. The van der Waals surface area contributed by atoms with E-state index in [1.54, 1.807) is 6.07 Å². The molecular formula is C17H25FN2. The Bertz CT molecular complexity index is 470. The molecule has 2 atom stereocenters. The van der Waals surface area contributed by atoms with Gasteiger partial charge in [0, 0.05) is 18.6 Å². The van der Waals surface area contributed by atoms with E-state index in [-0.39, 0.29) is 5.82 Å². The number of nitrogens with zero attached hydrogens (tertiary/aromatic N) is 1. The number of hydrogen-bond donors (Lipinski definition) is 1. The molecular weight excluding hydrogens is 251 g/mol. The molecule has 3 rings (SSSR count). The quantitative estimate of drug-likeness (QED) is 0.908. The Morgan fingerprint density at radius 2 is 2.10 bits per heavy atom. The summed E-state index contributed by atoms with van der Waals surface area (Å²) in [5.41, 5.74) is 1.87. The Morgan fingerprint density at radius 1 is 1.30 bits per heavy atom. The van der Waals surface area contributed by atoms with Crippen LogP contribution >= 0.6 is 0 Å². The highest BCUT2D eigenvalue weighted by atomic mass is 19.1. The molecule has 1 aliphatic carbocycles. The maximum absolute atomic E-state index is 13.9. The van der Waals surface area contributed by atoms with Gasteiger partial charge in [-0.25, -0.2) is 4.39 Å². The van der Waals surface area contributed by atoms with E-state index in [1.807, 2.05) is 13.0 Å². The van der Waals surface area contributed by atoms with Crippen LogP contribution in [0.2, 0.25) is 0 Å². The maximum Gasteiger partial charge on any atom is 0.126 e. The molecule has 1 saturated heterocycles. The normalized spacial score (nSPS) is 27.8. The van der Waals surface area contributed by atoms with E-state index in [4.69, 9.17) is 0 Å². The Kier molecular flexibility index (Phi) is 4.08. The van der Waals surface area contributed by atoms with E-state index in [0.717, 1.165) is 30.3 Å². The molecule has 1 heterocycles. The Balaban J connectivity index is 1.78. The first-order valence-corrected chi connectivity index (χ1v) is 7.85. The summed E-state index contributed by atoms with van der Waals surface area (Å²) in [6, 6.07) is 6.86. The molecule has 0 spiro atoms. The molecule has 1 aromatic rings. The van der Waals surface area contributed by atoms with Gasteiger partial charge in [-0.15, -0.1) is 0 Å². The van der Waals surface area contributed by atoms with Crippen molar-refractivity contribution in [3.8, 4) is 0 Å². The van der Waals surface area contributed by atoms with Crippen LogP contribution in [0.4, 0.5) is 4.39 Å². The second-order valence-corrected chi connectivity index (χ2v) is 6.52. The van der Waals surface area contributed by atoms with Crippen molar-refractivity contribution >= 4 is 0 Å². The minimum Gasteiger partial charge on any atom is -0.314 e. The molecule has 0 aromatic heterocycles. The zero-order valence-corrected chi connectivity index (χ0v) is 12.5. The number of aryl methyl sites for hydroxylation is 1. The van der Waals surface area contributed by atoms with E-state index < -0.39 is 0 Å². The summed E-state index contributed by atoms with van der Waals surface area (Å²) >= 11 is 0. The van der Waals surface area contributed by atoms with Crippen LogP contribution in [0.1, 0.15) is 42.9 Å². The van der Waals surface area contributed by atoms with Gasteiger partial charge in [-0.3, -0.25) is 4.90 Å². The van der Waals surface area contributed by atoms with E-state index >= 15 is 0 Å². The van der Waals surface area contributed by atoms with Gasteiger partial charge in [0.2, 0.25) is 0 Å². The second-order valence-electron chi connectivity index (χ2n) is 6.52. The highest BCUT2D eigenvalue weighted by molar-refractivity contribution is 5.27. The predicted octanol–water partition coefficient (Wildman–Crippen LogP) is 3.27. The van der Waals surface area contributed by atoms with Crippen molar-refractivity contribution in [1.29, 1.82) is 0 Å². The third-order valence-corrected chi connectivity index (χ3v) is 4.79. The fourth-order valence-corrected chi connectivity index (χ4v) is 3.40. The Hall–Kier alpha value is -0.930. The number of likely N-dealkylation sites (tertiary alicyclic amines) is 1. The fraction of sp³-hybridized carbons (Fsp3) is 0.647. The van der Waals surface area contributed by atoms with Crippen LogP contribution in [0.25, 0.3) is 0 Å². The lowest BCUT2D eigenvalue weighted by molar-refractivity contribution is 0.119. The standard InChI is InChI=1S/C17H25FN2/c1-12-5-6-13(10-16(12)18)17-14(4-3-9-20(17)2)11-19-15-7-8-15/h5-6,10,14-15,17,19H,3-4,7-9,11H2,1-2H3. The molecule has 1 N–H and O–H groups in total. The number of benzene rings is 1. The van der Waals surface area contributed by atoms with Crippen molar-refractivity contribution in [2.45, 2.75) is 44.7 Å². The third kappa shape index (κ3) is 3.04. The van der Waals surface area contributed by atoms with Crippen molar-refractivity contribution in [3.05, 3.63) is 35.1 Å². The first-order valence-electron chi connectivity index (χ1n) is 7.85. The van der Waals surface area contributed by atoms with Crippen LogP contribution in [-0.4, -0.2) is 31.1 Å². The molecule has 2 unspecified atom stereocenters. The highest BCUT2D eigenvalue weighted by Crippen LogP contribution is 2.35. The van der Waals surface area contributed by atoms with Gasteiger partial charge in [0.05, 0.1) is 0 Å². The maximum atomic E-state index is 13.9. The highest BCUT2D eigenvalue weighted by Gasteiger charge is 2.32. The molecule has 0 amide bonds. The summed E-state index contributed by atoms with van der Waals surface area (Å²) in [7, 11) is 2.17. The van der Waals surface area contributed by atoms with Gasteiger partial charge in [0.1, 0.15) is 5.82 Å². The zero-order chi connectivity index (χ0) is 14.1. The van der Waals surface area contributed by atoms with Crippen molar-refractivity contribution in [2.75, 3.05) is 20.1 Å². The molecule has 2 nitrogen and oxygen atoms in total. The first kappa shape index (κ1) is 14.0. The topological polar surface area (TPSA) is 15.3 Å². The molecule has 20 heavy (non-hydrogen) atoms.